The van der Waals surface area contributed by atoms with E-state index in [9.17, 15) is 19.2 Å². The fourth-order valence-electron chi connectivity index (χ4n) is 12.4. The Morgan fingerprint density at radius 3 is 1.31 bits per heavy atom. The second-order valence-corrected chi connectivity index (χ2v) is 26.4. The van der Waals surface area contributed by atoms with Gasteiger partial charge >= 0.3 is 11.9 Å². The third kappa shape index (κ3) is 19.1. The van der Waals surface area contributed by atoms with Gasteiger partial charge in [0.1, 0.15) is 33.9 Å². The number of nitrogen functional groups attached to an aromatic ring is 2. The molecule has 0 spiro atoms. The number of piperazine rings is 2. The number of aromatic nitrogens is 6. The molecule has 10 rings (SSSR count). The Bertz CT molecular complexity index is 3610. The average molecular weight is 1300 g/mol. The first-order chi connectivity index (χ1) is 44.2. The molecule has 0 atom stereocenters. The Balaban J connectivity index is 0.000000267. The maximum atomic E-state index is 12.9. The van der Waals surface area contributed by atoms with Crippen molar-refractivity contribution in [2.24, 2.45) is 5.73 Å². The van der Waals surface area contributed by atoms with E-state index >= 15 is 0 Å². The molecule has 0 radical (unpaired) electrons. The molecule has 22 nitrogen and oxygen atoms in total. The molecule has 7 heterocycles. The number of amides is 2. The number of esters is 2. The summed E-state index contributed by atoms with van der Waals surface area (Å²) < 4.78 is 26.8. The molecule has 0 aliphatic carbocycles. The van der Waals surface area contributed by atoms with Crippen LogP contribution in [0.15, 0.2) is 60.7 Å². The van der Waals surface area contributed by atoms with Crippen molar-refractivity contribution in [2.45, 2.75) is 172 Å². The first kappa shape index (κ1) is 73.9. The quantitative estimate of drug-likeness (QED) is 0.0224. The molecular formula is C72H108N14O8. The summed E-state index contributed by atoms with van der Waals surface area (Å²) in [6.07, 6.45) is 10.0. The number of carbonyl (C=O) groups excluding carboxylic acids is 4. The van der Waals surface area contributed by atoms with E-state index in [1.807, 2.05) is 41.5 Å². The van der Waals surface area contributed by atoms with E-state index in [0.717, 1.165) is 191 Å². The molecular weight excluding hydrogens is 1190 g/mol. The number of ether oxygens (including phenoxy) is 4. The Hall–Kier alpha value is -7.50. The summed E-state index contributed by atoms with van der Waals surface area (Å²) in [6.45, 7) is 29.2. The van der Waals surface area contributed by atoms with Crippen molar-refractivity contribution >= 4 is 90.6 Å². The predicted molar refractivity (Wildman–Crippen MR) is 379 cm³/mol. The van der Waals surface area contributed by atoms with Crippen LogP contribution in [0, 0.1) is 0 Å². The van der Waals surface area contributed by atoms with E-state index < -0.39 is 11.2 Å². The standard InChI is InChI=1S/C39H51N7O5.C31H49N7O3.2CH4/c1-5-6-13-32-42-34-35(45(32)17-9-10-18-46-37(48)28-11-7-8-12-29(28)38(46)49)30-26-27(14-15-31(30)41-36(34)40)44-21-19-43(20-22-44)23-25-50-24-16-33(47)51-39(2,3)4;1-5-6-9-26-35-28-29(38(26)14-8-7-13-32)24-22-23(10-11-25(24)34-30(28)33)37-17-15-36(16-18-37)19-21-40-20-12-27(39)41-31(2,3)4;;/h7-8,11-12,14-15,26H,5-6,9-10,13,16-25H2,1-4H3,(H2,40,41);10-11,22H,5-9,12-21,32H2,1-4H3,(H2,33,34);2*1H4. The molecule has 7 aromatic rings. The number of unbranched alkanes of at least 4 members (excludes halogenated alkanes) is 4. The van der Waals surface area contributed by atoms with Crippen molar-refractivity contribution in [3.05, 3.63) is 83.4 Å². The van der Waals surface area contributed by atoms with Gasteiger partial charge in [0.05, 0.1) is 72.5 Å². The summed E-state index contributed by atoms with van der Waals surface area (Å²) in [5, 5.41) is 2.13. The minimum atomic E-state index is -0.481. The number of fused-ring (bicyclic) bond motifs is 7. The predicted octanol–water partition coefficient (Wildman–Crippen LogP) is 10.8. The van der Waals surface area contributed by atoms with Crippen LogP contribution in [0.3, 0.4) is 0 Å². The van der Waals surface area contributed by atoms with Gasteiger partial charge in [0, 0.05) is 120 Å². The van der Waals surface area contributed by atoms with E-state index in [-0.39, 0.29) is 51.4 Å². The highest BCUT2D eigenvalue weighted by Gasteiger charge is 2.35. The van der Waals surface area contributed by atoms with Gasteiger partial charge in [0.15, 0.2) is 11.6 Å². The van der Waals surface area contributed by atoms with Crippen molar-refractivity contribution in [3.8, 4) is 0 Å². The molecule has 3 aliphatic heterocycles. The lowest BCUT2D eigenvalue weighted by Crippen LogP contribution is -2.47. The van der Waals surface area contributed by atoms with Crippen LogP contribution in [-0.2, 0) is 54.5 Å². The van der Waals surface area contributed by atoms with Gasteiger partial charge in [0.25, 0.3) is 11.8 Å². The number of hydrogen-bond donors (Lipinski definition) is 3. The van der Waals surface area contributed by atoms with Crippen molar-refractivity contribution in [1.29, 1.82) is 0 Å². The van der Waals surface area contributed by atoms with Crippen LogP contribution in [0.25, 0.3) is 43.9 Å². The van der Waals surface area contributed by atoms with E-state index in [0.29, 0.717) is 75.2 Å². The zero-order valence-corrected chi connectivity index (χ0v) is 55.9. The third-order valence-electron chi connectivity index (χ3n) is 17.1. The number of nitrogens with zero attached hydrogens (tertiary/aromatic N) is 11. The number of benzene rings is 3. The number of pyridine rings is 2. The fourth-order valence-corrected chi connectivity index (χ4v) is 12.4. The van der Waals surface area contributed by atoms with Gasteiger partial charge in [-0.15, -0.1) is 0 Å². The van der Waals surface area contributed by atoms with Crippen molar-refractivity contribution in [2.75, 3.05) is 126 Å². The van der Waals surface area contributed by atoms with Gasteiger partial charge in [-0.3, -0.25) is 33.9 Å². The largest absolute Gasteiger partial charge is 0.460 e. The van der Waals surface area contributed by atoms with Gasteiger partial charge in [-0.05, 0) is 135 Å². The summed E-state index contributed by atoms with van der Waals surface area (Å²) >= 11 is 0. The number of imidazole rings is 2. The second-order valence-electron chi connectivity index (χ2n) is 26.4. The molecule has 2 amide bonds. The number of aryl methyl sites for hydroxylation is 4. The minimum Gasteiger partial charge on any atom is -0.460 e. The van der Waals surface area contributed by atoms with E-state index in [2.05, 4.69) is 79.0 Å². The van der Waals surface area contributed by atoms with Gasteiger partial charge in [0.2, 0.25) is 0 Å². The summed E-state index contributed by atoms with van der Waals surface area (Å²) in [4.78, 5) is 80.1. The monoisotopic (exact) mass is 1300 g/mol. The van der Waals surface area contributed by atoms with Crippen LogP contribution >= 0.6 is 0 Å². The van der Waals surface area contributed by atoms with Crippen LogP contribution in [-0.4, -0.2) is 184 Å². The first-order valence-electron chi connectivity index (χ1n) is 33.6. The molecule has 2 saturated heterocycles. The normalized spacial score (nSPS) is 14.8. The zero-order chi connectivity index (χ0) is 65.5. The lowest BCUT2D eigenvalue weighted by atomic mass is 10.1. The van der Waals surface area contributed by atoms with Crippen molar-refractivity contribution in [3.63, 3.8) is 0 Å². The van der Waals surface area contributed by atoms with Crippen LogP contribution in [0.2, 0.25) is 0 Å². The SMILES string of the molecule is C.C.CCCCc1nc2c(N)nc3ccc(N4CCN(CCOCCC(=O)OC(C)(C)C)CC4)cc3c2n1CCCCN.CCCCc1nc2c(N)nc3ccc(N4CCN(CCOCCC(=O)OC(C)(C)C)CC4)cc3c2n1CCCCN1C(=O)c2ccccc2C1=O. The summed E-state index contributed by atoms with van der Waals surface area (Å²) in [5.74, 6) is 2.12. The molecule has 3 aliphatic rings. The molecule has 3 aromatic carbocycles. The van der Waals surface area contributed by atoms with E-state index in [1.54, 1.807) is 24.3 Å². The molecule has 514 valence electrons. The number of hydrogen-bond acceptors (Lipinski definition) is 19. The van der Waals surface area contributed by atoms with Gasteiger partial charge < -0.3 is 55.1 Å². The minimum absolute atomic E-state index is 0. The molecule has 94 heavy (non-hydrogen) atoms. The number of nitrogens with two attached hydrogens (primary N) is 3. The van der Waals surface area contributed by atoms with Crippen molar-refractivity contribution < 1.29 is 38.1 Å². The maximum Gasteiger partial charge on any atom is 0.308 e. The van der Waals surface area contributed by atoms with E-state index in [1.165, 1.54) is 10.6 Å². The van der Waals surface area contributed by atoms with Gasteiger partial charge in [-0.2, -0.15) is 0 Å². The second kappa shape index (κ2) is 34.3. The molecule has 4 aromatic heterocycles. The molecule has 2 fully saturated rings. The number of rotatable bonds is 29. The van der Waals surface area contributed by atoms with E-state index in [4.69, 9.17) is 56.1 Å². The Morgan fingerprint density at radius 1 is 0.511 bits per heavy atom. The lowest BCUT2D eigenvalue weighted by molar-refractivity contribution is -0.157. The lowest BCUT2D eigenvalue weighted by Gasteiger charge is -2.36. The topological polar surface area (TPSA) is 261 Å². The molecule has 0 unspecified atom stereocenters. The van der Waals surface area contributed by atoms with Crippen LogP contribution in [0.1, 0.15) is 167 Å². The zero-order valence-electron chi connectivity index (χ0n) is 55.9. The molecule has 22 heteroatoms. The third-order valence-corrected chi connectivity index (χ3v) is 17.1. The Kier molecular flexibility index (Phi) is 26.9. The van der Waals surface area contributed by atoms with Crippen molar-refractivity contribution in [1.82, 2.24) is 43.8 Å². The summed E-state index contributed by atoms with van der Waals surface area (Å²) in [7, 11) is 0. The fraction of sp³-hybridized carbons (Fsp3) is 0.583. The Morgan fingerprint density at radius 2 is 0.915 bits per heavy atom. The first-order valence-corrected chi connectivity index (χ1v) is 33.6. The smallest absolute Gasteiger partial charge is 0.308 e. The number of carbonyl (C=O) groups is 4. The molecule has 6 N–H and O–H groups in total. The maximum absolute atomic E-state index is 12.9. The van der Waals surface area contributed by atoms with Crippen LogP contribution < -0.4 is 27.0 Å². The average Bonchev–Trinajstić information content (AvgIpc) is 1.55. The highest BCUT2D eigenvalue weighted by atomic mass is 16.6. The molecule has 0 saturated carbocycles. The van der Waals surface area contributed by atoms with Gasteiger partial charge in [-0.1, -0.05) is 53.7 Å². The Labute approximate surface area is 557 Å². The highest BCUT2D eigenvalue weighted by Crippen LogP contribution is 2.35. The number of imide groups is 1. The van der Waals surface area contributed by atoms with Crippen LogP contribution in [0.4, 0.5) is 23.0 Å². The van der Waals surface area contributed by atoms with Gasteiger partial charge in [-0.25, -0.2) is 19.9 Å². The highest BCUT2D eigenvalue weighted by molar-refractivity contribution is 6.21. The molecule has 0 bridgehead atoms. The van der Waals surface area contributed by atoms with Crippen LogP contribution in [0.5, 0.6) is 0 Å². The summed E-state index contributed by atoms with van der Waals surface area (Å²) in [5.41, 5.74) is 26.5. The number of anilines is 4. The summed E-state index contributed by atoms with van der Waals surface area (Å²) in [6, 6.07) is 19.9.